The van der Waals surface area contributed by atoms with Crippen molar-refractivity contribution >= 4 is 11.0 Å². The molecule has 120 valence electrons. The lowest BCUT2D eigenvalue weighted by molar-refractivity contribution is 0.414. The van der Waals surface area contributed by atoms with E-state index in [1.807, 2.05) is 18.2 Å². The van der Waals surface area contributed by atoms with Gasteiger partial charge >= 0.3 is 0 Å². The monoisotopic (exact) mass is 309 g/mol. The number of aromatic nitrogens is 2. The normalized spacial score (nSPS) is 12.5. The van der Waals surface area contributed by atoms with Gasteiger partial charge in [0.15, 0.2) is 0 Å². The lowest BCUT2D eigenvalue weighted by Gasteiger charge is -2.16. The van der Waals surface area contributed by atoms with E-state index in [1.165, 1.54) is 11.1 Å². The van der Waals surface area contributed by atoms with Crippen molar-refractivity contribution in [3.05, 3.63) is 59.9 Å². The van der Waals surface area contributed by atoms with Crippen LogP contribution in [0.1, 0.15) is 24.2 Å². The predicted octanol–water partition coefficient (Wildman–Crippen LogP) is 3.35. The Kier molecular flexibility index (Phi) is 4.63. The van der Waals surface area contributed by atoms with Crippen LogP contribution in [0.25, 0.3) is 11.0 Å². The lowest BCUT2D eigenvalue weighted by atomic mass is 9.98. The van der Waals surface area contributed by atoms with E-state index in [2.05, 4.69) is 41.8 Å². The topological polar surface area (TPSA) is 53.1 Å². The van der Waals surface area contributed by atoms with Gasteiger partial charge in [0, 0.05) is 19.0 Å². The summed E-state index contributed by atoms with van der Waals surface area (Å²) in [6.07, 6.45) is 0.858. The Labute approximate surface area is 136 Å². The Hall–Kier alpha value is -2.33. The Bertz CT molecular complexity index is 794. The predicted molar refractivity (Wildman–Crippen MR) is 93.9 cm³/mol. The first kappa shape index (κ1) is 15.6. The average Bonchev–Trinajstić information content (AvgIpc) is 2.98. The molecule has 0 fully saturated rings. The maximum Gasteiger partial charge on any atom is 0.119 e. The van der Waals surface area contributed by atoms with Gasteiger partial charge in [-0.25, -0.2) is 4.98 Å². The molecular weight excluding hydrogens is 286 g/mol. The zero-order chi connectivity index (χ0) is 16.2. The second-order valence-electron chi connectivity index (χ2n) is 5.69. The summed E-state index contributed by atoms with van der Waals surface area (Å²) in [5.74, 6) is 2.13. The first-order valence-corrected chi connectivity index (χ1v) is 8.05. The molecule has 2 N–H and O–H groups in total. The van der Waals surface area contributed by atoms with Gasteiger partial charge in [0.05, 0.1) is 18.1 Å². The Morgan fingerprint density at radius 1 is 1.17 bits per heavy atom. The molecule has 0 saturated heterocycles. The molecule has 3 aromatic rings. The molecule has 3 rings (SSSR count). The van der Waals surface area contributed by atoms with Gasteiger partial charge in [0.25, 0.3) is 0 Å². The minimum absolute atomic E-state index is 0.189. The van der Waals surface area contributed by atoms with E-state index >= 15 is 0 Å². The van der Waals surface area contributed by atoms with Crippen LogP contribution in [-0.4, -0.2) is 23.2 Å². The number of para-hydroxylation sites is 2. The molecule has 0 bridgehead atoms. The molecule has 4 nitrogen and oxygen atoms in total. The quantitative estimate of drug-likeness (QED) is 0.759. The Balaban J connectivity index is 1.97. The van der Waals surface area contributed by atoms with Crippen molar-refractivity contribution in [3.63, 3.8) is 0 Å². The summed E-state index contributed by atoms with van der Waals surface area (Å²) >= 11 is 0. The standard InChI is InChI=1S/C19H23N3O/c1-3-22-18-10-5-4-9-17(18)21-19(22)15(13-20)11-14-7-6-8-16(12-14)23-2/h4-10,12,15H,3,11,13,20H2,1-2H3. The molecule has 0 aliphatic rings. The third-order valence-corrected chi connectivity index (χ3v) is 4.27. The fraction of sp³-hybridized carbons (Fsp3) is 0.316. The van der Waals surface area contributed by atoms with E-state index < -0.39 is 0 Å². The maximum absolute atomic E-state index is 6.08. The molecule has 0 aliphatic carbocycles. The summed E-state index contributed by atoms with van der Waals surface area (Å²) in [5, 5.41) is 0. The van der Waals surface area contributed by atoms with E-state index in [1.54, 1.807) is 7.11 Å². The third-order valence-electron chi connectivity index (χ3n) is 4.27. The summed E-state index contributed by atoms with van der Waals surface area (Å²) in [4.78, 5) is 4.85. The fourth-order valence-electron chi connectivity index (χ4n) is 3.10. The van der Waals surface area contributed by atoms with Gasteiger partial charge in [-0.05, 0) is 43.2 Å². The number of imidazole rings is 1. The van der Waals surface area contributed by atoms with Gasteiger partial charge in [-0.15, -0.1) is 0 Å². The largest absolute Gasteiger partial charge is 0.497 e. The molecule has 1 unspecified atom stereocenters. The number of aryl methyl sites for hydroxylation is 1. The number of rotatable bonds is 6. The smallest absolute Gasteiger partial charge is 0.119 e. The molecule has 1 aromatic heterocycles. The summed E-state index contributed by atoms with van der Waals surface area (Å²) < 4.78 is 7.59. The van der Waals surface area contributed by atoms with Crippen molar-refractivity contribution in [1.29, 1.82) is 0 Å². The number of nitrogens with zero attached hydrogens (tertiary/aromatic N) is 2. The van der Waals surface area contributed by atoms with Crippen LogP contribution in [0.4, 0.5) is 0 Å². The number of nitrogens with two attached hydrogens (primary N) is 1. The van der Waals surface area contributed by atoms with Crippen molar-refractivity contribution in [3.8, 4) is 5.75 Å². The summed E-state index contributed by atoms with van der Waals surface area (Å²) in [7, 11) is 1.69. The number of ether oxygens (including phenoxy) is 1. The van der Waals surface area contributed by atoms with Gasteiger partial charge < -0.3 is 15.0 Å². The average molecular weight is 309 g/mol. The summed E-state index contributed by atoms with van der Waals surface area (Å²) in [6.45, 7) is 3.61. The van der Waals surface area contributed by atoms with Crippen molar-refractivity contribution in [2.75, 3.05) is 13.7 Å². The van der Waals surface area contributed by atoms with Crippen molar-refractivity contribution in [2.45, 2.75) is 25.8 Å². The van der Waals surface area contributed by atoms with Crippen LogP contribution in [0.3, 0.4) is 0 Å². The van der Waals surface area contributed by atoms with Gasteiger partial charge in [0.2, 0.25) is 0 Å². The molecule has 0 spiro atoms. The Morgan fingerprint density at radius 3 is 2.74 bits per heavy atom. The van der Waals surface area contributed by atoms with Gasteiger partial charge in [-0.3, -0.25) is 0 Å². The first-order chi connectivity index (χ1) is 11.3. The number of fused-ring (bicyclic) bond motifs is 1. The zero-order valence-corrected chi connectivity index (χ0v) is 13.7. The molecule has 1 heterocycles. The minimum Gasteiger partial charge on any atom is -0.497 e. The molecule has 0 aliphatic heterocycles. The summed E-state index contributed by atoms with van der Waals surface area (Å²) in [6, 6.07) is 16.4. The SMILES string of the molecule is CCn1c(C(CN)Cc2cccc(OC)c2)nc2ccccc21. The third kappa shape index (κ3) is 3.08. The fourth-order valence-corrected chi connectivity index (χ4v) is 3.10. The molecular formula is C19H23N3O. The van der Waals surface area contributed by atoms with E-state index in [4.69, 9.17) is 15.5 Å². The van der Waals surface area contributed by atoms with Crippen LogP contribution in [0.2, 0.25) is 0 Å². The first-order valence-electron chi connectivity index (χ1n) is 8.05. The highest BCUT2D eigenvalue weighted by atomic mass is 16.5. The van der Waals surface area contributed by atoms with E-state index in [9.17, 15) is 0 Å². The highest BCUT2D eigenvalue weighted by molar-refractivity contribution is 5.76. The van der Waals surface area contributed by atoms with Gasteiger partial charge in [-0.2, -0.15) is 0 Å². The zero-order valence-electron chi connectivity index (χ0n) is 13.7. The number of hydrogen-bond acceptors (Lipinski definition) is 3. The molecule has 0 amide bonds. The van der Waals surface area contributed by atoms with Crippen molar-refractivity contribution < 1.29 is 4.74 Å². The molecule has 2 aromatic carbocycles. The van der Waals surface area contributed by atoms with E-state index in [0.717, 1.165) is 30.1 Å². The summed E-state index contributed by atoms with van der Waals surface area (Å²) in [5.41, 5.74) is 9.51. The van der Waals surface area contributed by atoms with E-state index in [-0.39, 0.29) is 5.92 Å². The van der Waals surface area contributed by atoms with Gasteiger partial charge in [-0.1, -0.05) is 24.3 Å². The van der Waals surface area contributed by atoms with Crippen LogP contribution in [0.5, 0.6) is 5.75 Å². The molecule has 1 atom stereocenters. The van der Waals surface area contributed by atoms with Crippen molar-refractivity contribution in [1.82, 2.24) is 9.55 Å². The van der Waals surface area contributed by atoms with Crippen LogP contribution in [-0.2, 0) is 13.0 Å². The van der Waals surface area contributed by atoms with Crippen LogP contribution < -0.4 is 10.5 Å². The lowest BCUT2D eigenvalue weighted by Crippen LogP contribution is -2.19. The molecule has 0 saturated carbocycles. The Morgan fingerprint density at radius 2 is 2.00 bits per heavy atom. The second kappa shape index (κ2) is 6.84. The molecule has 4 heteroatoms. The van der Waals surface area contributed by atoms with Crippen LogP contribution in [0, 0.1) is 0 Å². The number of benzene rings is 2. The second-order valence-corrected chi connectivity index (χ2v) is 5.69. The highest BCUT2D eigenvalue weighted by Crippen LogP contribution is 2.25. The molecule has 23 heavy (non-hydrogen) atoms. The van der Waals surface area contributed by atoms with Crippen LogP contribution >= 0.6 is 0 Å². The van der Waals surface area contributed by atoms with Crippen molar-refractivity contribution in [2.24, 2.45) is 5.73 Å². The van der Waals surface area contributed by atoms with Crippen LogP contribution in [0.15, 0.2) is 48.5 Å². The number of hydrogen-bond donors (Lipinski definition) is 1. The van der Waals surface area contributed by atoms with E-state index in [0.29, 0.717) is 6.54 Å². The minimum atomic E-state index is 0.189. The van der Waals surface area contributed by atoms with Gasteiger partial charge in [0.1, 0.15) is 11.6 Å². The maximum atomic E-state index is 6.08. The highest BCUT2D eigenvalue weighted by Gasteiger charge is 2.19. The molecule has 0 radical (unpaired) electrons. The number of methoxy groups -OCH3 is 1.